The first-order chi connectivity index (χ1) is 8.29. The molecule has 2 aromatic rings. The van der Waals surface area contributed by atoms with E-state index in [-0.39, 0.29) is 18.4 Å². The molecule has 1 atom stereocenters. The summed E-state index contributed by atoms with van der Waals surface area (Å²) in [5.74, 6) is 0. The van der Waals surface area contributed by atoms with Gasteiger partial charge in [-0.05, 0) is 53.1 Å². The van der Waals surface area contributed by atoms with Crippen LogP contribution in [0.3, 0.4) is 0 Å². The Morgan fingerprint density at radius 1 is 1.11 bits per heavy atom. The Labute approximate surface area is 115 Å². The molecule has 2 heteroatoms. The molecule has 96 valence electrons. The van der Waals surface area contributed by atoms with Crippen molar-refractivity contribution in [2.45, 2.75) is 38.6 Å². The summed E-state index contributed by atoms with van der Waals surface area (Å²) in [5, 5.41) is 2.94. The van der Waals surface area contributed by atoms with Crippen molar-refractivity contribution in [1.29, 1.82) is 0 Å². The predicted octanol–water partition coefficient (Wildman–Crippen LogP) is 3.64. The fourth-order valence-corrected chi connectivity index (χ4v) is 2.91. The molecular formula is C16H20ClN. The van der Waals surface area contributed by atoms with Gasteiger partial charge in [0.05, 0.1) is 0 Å². The molecular weight excluding hydrogens is 242 g/mol. The van der Waals surface area contributed by atoms with E-state index in [1.807, 2.05) is 0 Å². The molecule has 2 N–H and O–H groups in total. The molecule has 1 aliphatic rings. The summed E-state index contributed by atoms with van der Waals surface area (Å²) in [6.07, 6.45) is 4.45. The summed E-state index contributed by atoms with van der Waals surface area (Å²) in [4.78, 5) is 0. The van der Waals surface area contributed by atoms with Gasteiger partial charge in [-0.3, -0.25) is 0 Å². The topological polar surface area (TPSA) is 26.0 Å². The highest BCUT2D eigenvalue weighted by Crippen LogP contribution is 2.33. The van der Waals surface area contributed by atoms with E-state index in [2.05, 4.69) is 37.3 Å². The Hall–Kier alpha value is -1.05. The average Bonchev–Trinajstić information content (AvgIpc) is 2.78. The van der Waals surface area contributed by atoms with Gasteiger partial charge >= 0.3 is 0 Å². The van der Waals surface area contributed by atoms with E-state index in [0.717, 1.165) is 12.8 Å². The first kappa shape index (κ1) is 13.4. The third-order valence-electron chi connectivity index (χ3n) is 3.97. The van der Waals surface area contributed by atoms with E-state index in [9.17, 15) is 0 Å². The molecule has 2 aromatic carbocycles. The maximum absolute atomic E-state index is 6.09. The monoisotopic (exact) mass is 261 g/mol. The van der Waals surface area contributed by atoms with Gasteiger partial charge in [0, 0.05) is 6.04 Å². The van der Waals surface area contributed by atoms with Crippen LogP contribution in [0.5, 0.6) is 0 Å². The Morgan fingerprint density at radius 2 is 1.83 bits per heavy atom. The molecule has 0 saturated heterocycles. The summed E-state index contributed by atoms with van der Waals surface area (Å²) in [6.45, 7) is 2.16. The van der Waals surface area contributed by atoms with E-state index in [0.29, 0.717) is 0 Å². The number of nitrogens with two attached hydrogens (primary N) is 1. The highest BCUT2D eigenvalue weighted by Gasteiger charge is 2.16. The Kier molecular flexibility index (Phi) is 3.94. The van der Waals surface area contributed by atoms with Crippen molar-refractivity contribution in [1.82, 2.24) is 0 Å². The van der Waals surface area contributed by atoms with E-state index in [4.69, 9.17) is 5.73 Å². The molecule has 0 aromatic heterocycles. The van der Waals surface area contributed by atoms with Crippen LogP contribution in [-0.4, -0.2) is 6.04 Å². The number of rotatable bonds is 3. The van der Waals surface area contributed by atoms with E-state index >= 15 is 0 Å². The second-order valence-electron chi connectivity index (χ2n) is 5.10. The van der Waals surface area contributed by atoms with E-state index in [1.54, 1.807) is 0 Å². The molecule has 0 bridgehead atoms. The van der Waals surface area contributed by atoms with Crippen LogP contribution in [0.1, 0.15) is 30.0 Å². The van der Waals surface area contributed by atoms with Crippen molar-refractivity contribution in [3.05, 3.63) is 47.0 Å². The van der Waals surface area contributed by atoms with Crippen LogP contribution in [0.15, 0.2) is 30.3 Å². The van der Waals surface area contributed by atoms with E-state index in [1.165, 1.54) is 40.3 Å². The SMILES string of the molecule is CCC(N)Cc1ccc2c3c(cccc13)CC2.Cl. The summed E-state index contributed by atoms with van der Waals surface area (Å²) in [5.41, 5.74) is 10.5. The van der Waals surface area contributed by atoms with Crippen LogP contribution in [0.4, 0.5) is 0 Å². The van der Waals surface area contributed by atoms with Gasteiger partial charge in [-0.15, -0.1) is 12.4 Å². The molecule has 0 heterocycles. The van der Waals surface area contributed by atoms with Crippen LogP contribution in [0.25, 0.3) is 10.8 Å². The second kappa shape index (κ2) is 5.29. The van der Waals surface area contributed by atoms with E-state index < -0.39 is 0 Å². The molecule has 0 fully saturated rings. The normalized spacial score (nSPS) is 14.6. The lowest BCUT2D eigenvalue weighted by molar-refractivity contribution is 0.649. The average molecular weight is 262 g/mol. The first-order valence-electron chi connectivity index (χ1n) is 6.57. The van der Waals surface area contributed by atoms with Crippen LogP contribution in [-0.2, 0) is 19.3 Å². The van der Waals surface area contributed by atoms with Gasteiger partial charge in [-0.1, -0.05) is 37.3 Å². The highest BCUT2D eigenvalue weighted by molar-refractivity contribution is 5.93. The Balaban J connectivity index is 0.00000120. The second-order valence-corrected chi connectivity index (χ2v) is 5.10. The van der Waals surface area contributed by atoms with Crippen LogP contribution >= 0.6 is 12.4 Å². The minimum absolute atomic E-state index is 0. The summed E-state index contributed by atoms with van der Waals surface area (Å²) < 4.78 is 0. The highest BCUT2D eigenvalue weighted by atomic mass is 35.5. The van der Waals surface area contributed by atoms with Gasteiger partial charge in [0.15, 0.2) is 0 Å². The fraction of sp³-hybridized carbons (Fsp3) is 0.375. The van der Waals surface area contributed by atoms with Crippen molar-refractivity contribution in [2.75, 3.05) is 0 Å². The third-order valence-corrected chi connectivity index (χ3v) is 3.97. The Bertz CT molecular complexity index is 552. The lowest BCUT2D eigenvalue weighted by Crippen LogP contribution is -2.21. The van der Waals surface area contributed by atoms with Gasteiger partial charge in [0.2, 0.25) is 0 Å². The number of halogens is 1. The van der Waals surface area contributed by atoms with Gasteiger partial charge in [-0.2, -0.15) is 0 Å². The lowest BCUT2D eigenvalue weighted by atomic mass is 9.95. The Morgan fingerprint density at radius 3 is 2.56 bits per heavy atom. The predicted molar refractivity (Wildman–Crippen MR) is 80.6 cm³/mol. The van der Waals surface area contributed by atoms with Crippen molar-refractivity contribution < 1.29 is 0 Å². The zero-order valence-corrected chi connectivity index (χ0v) is 11.6. The number of benzene rings is 2. The standard InChI is InChI=1S/C16H19N.ClH/c1-2-14(17)10-13-9-8-12-7-6-11-4-3-5-15(13)16(11)12;/h3-5,8-9,14H,2,6-7,10,17H2,1H3;1H. The molecule has 0 amide bonds. The zero-order chi connectivity index (χ0) is 11.8. The van der Waals surface area contributed by atoms with Crippen LogP contribution < -0.4 is 5.73 Å². The lowest BCUT2D eigenvalue weighted by Gasteiger charge is -2.12. The smallest absolute Gasteiger partial charge is 0.00769 e. The van der Waals surface area contributed by atoms with Crippen LogP contribution in [0, 0.1) is 0 Å². The molecule has 1 nitrogen and oxygen atoms in total. The third kappa shape index (κ3) is 2.13. The van der Waals surface area contributed by atoms with Crippen molar-refractivity contribution in [3.63, 3.8) is 0 Å². The number of hydrogen-bond donors (Lipinski definition) is 1. The van der Waals surface area contributed by atoms with Crippen molar-refractivity contribution in [2.24, 2.45) is 5.73 Å². The molecule has 1 aliphatic carbocycles. The molecule has 3 rings (SSSR count). The molecule has 0 spiro atoms. The maximum atomic E-state index is 6.09. The molecule has 0 aliphatic heterocycles. The van der Waals surface area contributed by atoms with Gasteiger partial charge in [-0.25, -0.2) is 0 Å². The van der Waals surface area contributed by atoms with Crippen molar-refractivity contribution in [3.8, 4) is 0 Å². The van der Waals surface area contributed by atoms with Gasteiger partial charge in [0.25, 0.3) is 0 Å². The first-order valence-corrected chi connectivity index (χ1v) is 6.57. The summed E-state index contributed by atoms with van der Waals surface area (Å²) in [7, 11) is 0. The van der Waals surface area contributed by atoms with Crippen molar-refractivity contribution >= 4 is 23.2 Å². The minimum Gasteiger partial charge on any atom is -0.327 e. The van der Waals surface area contributed by atoms with Crippen LogP contribution in [0.2, 0.25) is 0 Å². The van der Waals surface area contributed by atoms with Gasteiger partial charge in [0.1, 0.15) is 0 Å². The quantitative estimate of drug-likeness (QED) is 0.897. The summed E-state index contributed by atoms with van der Waals surface area (Å²) >= 11 is 0. The number of aryl methyl sites for hydroxylation is 2. The fourth-order valence-electron chi connectivity index (χ4n) is 2.91. The molecule has 0 radical (unpaired) electrons. The van der Waals surface area contributed by atoms with Gasteiger partial charge < -0.3 is 5.73 Å². The minimum atomic E-state index is 0. The molecule has 1 unspecified atom stereocenters. The molecule has 18 heavy (non-hydrogen) atoms. The zero-order valence-electron chi connectivity index (χ0n) is 10.8. The maximum Gasteiger partial charge on any atom is 0.00769 e. The summed E-state index contributed by atoms with van der Waals surface area (Å²) in [6, 6.07) is 11.6. The largest absolute Gasteiger partial charge is 0.327 e. The number of hydrogen-bond acceptors (Lipinski definition) is 1. The molecule has 0 saturated carbocycles.